The van der Waals surface area contributed by atoms with E-state index in [9.17, 15) is 9.59 Å². The summed E-state index contributed by atoms with van der Waals surface area (Å²) in [6, 6.07) is 9.19. The maximum atomic E-state index is 12.6. The monoisotopic (exact) mass is 278 g/mol. The first-order valence-electron chi connectivity index (χ1n) is 6.85. The van der Waals surface area contributed by atoms with Crippen molar-refractivity contribution in [2.45, 2.75) is 32.3 Å². The van der Waals surface area contributed by atoms with E-state index in [4.69, 9.17) is 9.47 Å². The van der Waals surface area contributed by atoms with Crippen molar-refractivity contribution < 1.29 is 19.1 Å². The minimum Gasteiger partial charge on any atom is -0.468 e. The predicted octanol–water partition coefficient (Wildman–Crippen LogP) is 2.92. The molecule has 0 radical (unpaired) electrons. The highest BCUT2D eigenvalue weighted by Crippen LogP contribution is 2.24. The van der Waals surface area contributed by atoms with Crippen molar-refractivity contribution in [3.05, 3.63) is 35.9 Å². The quantitative estimate of drug-likeness (QED) is 0.542. The molecule has 1 rings (SSSR count). The van der Waals surface area contributed by atoms with Gasteiger partial charge in [0.15, 0.2) is 5.78 Å². The van der Waals surface area contributed by atoms with E-state index >= 15 is 0 Å². The van der Waals surface area contributed by atoms with Gasteiger partial charge in [-0.25, -0.2) is 0 Å². The Morgan fingerprint density at radius 1 is 1.15 bits per heavy atom. The van der Waals surface area contributed by atoms with Gasteiger partial charge in [0.05, 0.1) is 7.11 Å². The Kier molecular flexibility index (Phi) is 6.94. The molecular weight excluding hydrogens is 256 g/mol. The van der Waals surface area contributed by atoms with Crippen LogP contribution >= 0.6 is 0 Å². The van der Waals surface area contributed by atoms with Crippen molar-refractivity contribution in [3.63, 3.8) is 0 Å². The van der Waals surface area contributed by atoms with E-state index in [0.717, 1.165) is 18.4 Å². The number of ketones is 1. The first-order valence-corrected chi connectivity index (χ1v) is 6.85. The van der Waals surface area contributed by atoms with Crippen LogP contribution in [0.4, 0.5) is 0 Å². The van der Waals surface area contributed by atoms with Crippen molar-refractivity contribution in [1.29, 1.82) is 0 Å². The first-order chi connectivity index (χ1) is 9.65. The molecule has 1 aromatic carbocycles. The summed E-state index contributed by atoms with van der Waals surface area (Å²) in [4.78, 5) is 24.4. The van der Waals surface area contributed by atoms with Crippen LogP contribution in [0.25, 0.3) is 0 Å². The average molecular weight is 278 g/mol. The van der Waals surface area contributed by atoms with Gasteiger partial charge in [0.25, 0.3) is 0 Å². The SMILES string of the molecule is CCCCC(C(=O)OC)C(=O)C(OC)c1ccccc1. The molecule has 110 valence electrons. The normalized spacial score (nSPS) is 13.6. The van der Waals surface area contributed by atoms with Gasteiger partial charge in [-0.3, -0.25) is 9.59 Å². The van der Waals surface area contributed by atoms with Crippen molar-refractivity contribution in [3.8, 4) is 0 Å². The summed E-state index contributed by atoms with van der Waals surface area (Å²) in [6.45, 7) is 2.02. The van der Waals surface area contributed by atoms with Crippen molar-refractivity contribution >= 4 is 11.8 Å². The van der Waals surface area contributed by atoms with Gasteiger partial charge in [0.1, 0.15) is 12.0 Å². The highest BCUT2D eigenvalue weighted by atomic mass is 16.5. The van der Waals surface area contributed by atoms with Crippen molar-refractivity contribution in [1.82, 2.24) is 0 Å². The predicted molar refractivity (Wildman–Crippen MR) is 76.2 cm³/mol. The molecule has 1 aromatic rings. The fourth-order valence-corrected chi connectivity index (χ4v) is 2.15. The molecule has 2 atom stereocenters. The lowest BCUT2D eigenvalue weighted by atomic mass is 9.91. The van der Waals surface area contributed by atoms with E-state index in [1.165, 1.54) is 14.2 Å². The molecule has 0 N–H and O–H groups in total. The maximum Gasteiger partial charge on any atom is 0.316 e. The Hall–Kier alpha value is -1.68. The summed E-state index contributed by atoms with van der Waals surface area (Å²) in [6.07, 6.45) is 1.49. The molecule has 20 heavy (non-hydrogen) atoms. The number of carbonyl (C=O) groups is 2. The smallest absolute Gasteiger partial charge is 0.316 e. The number of unbranched alkanes of at least 4 members (excludes halogenated alkanes) is 1. The Morgan fingerprint density at radius 2 is 1.80 bits per heavy atom. The van der Waals surface area contributed by atoms with Crippen LogP contribution in [0.1, 0.15) is 37.9 Å². The second kappa shape index (κ2) is 8.48. The van der Waals surface area contributed by atoms with Gasteiger partial charge in [0, 0.05) is 7.11 Å². The first kappa shape index (κ1) is 16.4. The third kappa shape index (κ3) is 4.17. The van der Waals surface area contributed by atoms with E-state index in [0.29, 0.717) is 6.42 Å². The Labute approximate surface area is 120 Å². The van der Waals surface area contributed by atoms with E-state index in [1.54, 1.807) is 0 Å². The second-order valence-electron chi connectivity index (χ2n) is 4.65. The average Bonchev–Trinajstić information content (AvgIpc) is 2.49. The number of carbonyl (C=O) groups excluding carboxylic acids is 2. The van der Waals surface area contributed by atoms with Crippen LogP contribution in [0.2, 0.25) is 0 Å². The number of hydrogen-bond acceptors (Lipinski definition) is 4. The number of hydrogen-bond donors (Lipinski definition) is 0. The van der Waals surface area contributed by atoms with Gasteiger partial charge >= 0.3 is 5.97 Å². The topological polar surface area (TPSA) is 52.6 Å². The molecule has 0 aliphatic rings. The van der Waals surface area contributed by atoms with Crippen LogP contribution in [0.15, 0.2) is 30.3 Å². The Balaban J connectivity index is 2.93. The van der Waals surface area contributed by atoms with Gasteiger partial charge in [-0.2, -0.15) is 0 Å². The molecule has 0 aliphatic heterocycles. The number of Topliss-reactive ketones (excluding diaryl/α,β-unsaturated/α-hetero) is 1. The van der Waals surface area contributed by atoms with E-state index < -0.39 is 18.0 Å². The molecule has 4 heteroatoms. The molecule has 0 saturated heterocycles. The zero-order chi connectivity index (χ0) is 15.0. The molecular formula is C16H22O4. The molecule has 4 nitrogen and oxygen atoms in total. The molecule has 0 heterocycles. The highest BCUT2D eigenvalue weighted by Gasteiger charge is 2.33. The second-order valence-corrected chi connectivity index (χ2v) is 4.65. The van der Waals surface area contributed by atoms with Crippen LogP contribution in [-0.4, -0.2) is 26.0 Å². The van der Waals surface area contributed by atoms with Crippen LogP contribution in [0, 0.1) is 5.92 Å². The van der Waals surface area contributed by atoms with Gasteiger partial charge < -0.3 is 9.47 Å². The highest BCUT2D eigenvalue weighted by molar-refractivity contribution is 6.01. The minimum absolute atomic E-state index is 0.237. The summed E-state index contributed by atoms with van der Waals surface area (Å²) >= 11 is 0. The van der Waals surface area contributed by atoms with Crippen molar-refractivity contribution in [2.24, 2.45) is 5.92 Å². The molecule has 2 unspecified atom stereocenters. The van der Waals surface area contributed by atoms with Gasteiger partial charge in [-0.15, -0.1) is 0 Å². The van der Waals surface area contributed by atoms with E-state index in [1.807, 2.05) is 37.3 Å². The van der Waals surface area contributed by atoms with Gasteiger partial charge in [-0.05, 0) is 12.0 Å². The summed E-state index contributed by atoms with van der Waals surface area (Å²) in [5, 5.41) is 0. The van der Waals surface area contributed by atoms with Crippen LogP contribution < -0.4 is 0 Å². The van der Waals surface area contributed by atoms with Gasteiger partial charge in [0.2, 0.25) is 0 Å². The largest absolute Gasteiger partial charge is 0.468 e. The number of rotatable bonds is 8. The van der Waals surface area contributed by atoms with Crippen molar-refractivity contribution in [2.75, 3.05) is 14.2 Å². The number of methoxy groups -OCH3 is 2. The fourth-order valence-electron chi connectivity index (χ4n) is 2.15. The maximum absolute atomic E-state index is 12.6. The summed E-state index contributed by atoms with van der Waals surface area (Å²) < 4.78 is 10.0. The Morgan fingerprint density at radius 3 is 2.30 bits per heavy atom. The fraction of sp³-hybridized carbons (Fsp3) is 0.500. The minimum atomic E-state index is -0.759. The van der Waals surface area contributed by atoms with Gasteiger partial charge in [-0.1, -0.05) is 50.1 Å². The summed E-state index contributed by atoms with van der Waals surface area (Å²) in [5.74, 6) is -1.48. The molecule has 0 aliphatic carbocycles. The molecule has 0 bridgehead atoms. The van der Waals surface area contributed by atoms with Crippen LogP contribution in [0.5, 0.6) is 0 Å². The molecule has 0 spiro atoms. The number of esters is 1. The zero-order valence-electron chi connectivity index (χ0n) is 12.3. The molecule has 0 amide bonds. The summed E-state index contributed by atoms with van der Waals surface area (Å²) in [7, 11) is 2.78. The lowest BCUT2D eigenvalue weighted by Crippen LogP contribution is -2.30. The molecule has 0 aromatic heterocycles. The lowest BCUT2D eigenvalue weighted by Gasteiger charge is -2.20. The Bertz CT molecular complexity index is 427. The molecule has 0 saturated carbocycles. The number of ether oxygens (including phenoxy) is 2. The third-order valence-electron chi connectivity index (χ3n) is 3.27. The van der Waals surface area contributed by atoms with Crippen LogP contribution in [0.3, 0.4) is 0 Å². The molecule has 0 fully saturated rings. The van der Waals surface area contributed by atoms with Crippen LogP contribution in [-0.2, 0) is 19.1 Å². The van der Waals surface area contributed by atoms with E-state index in [-0.39, 0.29) is 5.78 Å². The zero-order valence-corrected chi connectivity index (χ0v) is 12.3. The number of benzene rings is 1. The third-order valence-corrected chi connectivity index (χ3v) is 3.27. The standard InChI is InChI=1S/C16H22O4/c1-4-5-11-13(16(18)20-3)14(17)15(19-2)12-9-7-6-8-10-12/h6-10,13,15H,4-5,11H2,1-3H3. The van der Waals surface area contributed by atoms with E-state index in [2.05, 4.69) is 0 Å². The lowest BCUT2D eigenvalue weighted by molar-refractivity contribution is -0.153. The summed E-state index contributed by atoms with van der Waals surface area (Å²) in [5.41, 5.74) is 0.755.